The van der Waals surface area contributed by atoms with Crippen molar-refractivity contribution in [2.75, 3.05) is 5.32 Å². The highest BCUT2D eigenvalue weighted by Crippen LogP contribution is 2.33. The van der Waals surface area contributed by atoms with Crippen LogP contribution in [-0.4, -0.2) is 16.4 Å². The summed E-state index contributed by atoms with van der Waals surface area (Å²) in [6, 6.07) is 9.71. The topological polar surface area (TPSA) is 77.2 Å². The average Bonchev–Trinajstić information content (AvgIpc) is 3.27. The quantitative estimate of drug-likeness (QED) is 0.843. The lowest BCUT2D eigenvalue weighted by atomic mass is 10.2. The molecule has 2 aromatic rings. The van der Waals surface area contributed by atoms with Crippen LogP contribution in [0.3, 0.4) is 0 Å². The Morgan fingerprint density at radius 3 is 2.62 bits per heavy atom. The number of carbonyl (C=O) groups excluding carboxylic acids is 1. The maximum Gasteiger partial charge on any atom is 0.244 e. The van der Waals surface area contributed by atoms with Crippen molar-refractivity contribution in [1.29, 1.82) is 0 Å². The molecule has 0 aliphatic heterocycles. The van der Waals surface area contributed by atoms with Gasteiger partial charge in [-0.05, 0) is 37.1 Å². The predicted octanol–water partition coefficient (Wildman–Crippen LogP) is 3.07. The third-order valence-electron chi connectivity index (χ3n) is 3.53. The normalized spacial score (nSPS) is 13.9. The molecule has 0 saturated heterocycles. The van der Waals surface area contributed by atoms with Gasteiger partial charge in [0, 0.05) is 18.0 Å². The Kier molecular flexibility index (Phi) is 6.95. The van der Waals surface area contributed by atoms with Crippen molar-refractivity contribution in [3.63, 3.8) is 0 Å². The number of nitrogens with one attached hydrogen (secondary N) is 1. The van der Waals surface area contributed by atoms with Crippen molar-refractivity contribution in [2.24, 2.45) is 5.73 Å². The average molecular weight is 374 g/mol. The lowest BCUT2D eigenvalue weighted by molar-refractivity contribution is -0.118. The van der Waals surface area contributed by atoms with Gasteiger partial charge in [-0.1, -0.05) is 6.07 Å². The zero-order valence-corrected chi connectivity index (χ0v) is 14.3. The molecule has 1 saturated carbocycles. The van der Waals surface area contributed by atoms with Crippen LogP contribution in [0.15, 0.2) is 42.6 Å². The van der Waals surface area contributed by atoms with Crippen molar-refractivity contribution in [2.45, 2.75) is 25.0 Å². The van der Waals surface area contributed by atoms with Gasteiger partial charge in [0.1, 0.15) is 6.61 Å². The van der Waals surface area contributed by atoms with Crippen LogP contribution in [0.25, 0.3) is 0 Å². The molecule has 1 aliphatic rings. The molecular weight excluding hydrogens is 356 g/mol. The highest BCUT2D eigenvalue weighted by atomic mass is 35.5. The Hall–Kier alpha value is -1.89. The number of ether oxygens (including phenoxy) is 1. The molecule has 1 amide bonds. The van der Waals surface area contributed by atoms with E-state index in [2.05, 4.69) is 10.3 Å². The monoisotopic (exact) mass is 373 g/mol. The molecule has 1 aromatic carbocycles. The predicted molar refractivity (Wildman–Crippen MR) is 94.2 cm³/mol. The molecule has 0 bridgehead atoms. The highest BCUT2D eigenvalue weighted by Gasteiger charge is 2.45. The Bertz CT molecular complexity index is 697. The molecule has 8 heteroatoms. The van der Waals surface area contributed by atoms with E-state index in [9.17, 15) is 9.18 Å². The number of halogens is 3. The molecular formula is C16H18Cl2FN3O2. The lowest BCUT2D eigenvalue weighted by Crippen LogP contribution is -2.37. The number of benzene rings is 1. The molecule has 130 valence electrons. The summed E-state index contributed by atoms with van der Waals surface area (Å²) in [5, 5.41) is 2.61. The molecule has 3 rings (SSSR count). The van der Waals surface area contributed by atoms with Crippen LogP contribution in [0.4, 0.5) is 10.1 Å². The van der Waals surface area contributed by atoms with Gasteiger partial charge in [-0.25, -0.2) is 4.39 Å². The summed E-state index contributed by atoms with van der Waals surface area (Å²) in [7, 11) is 0. The van der Waals surface area contributed by atoms with E-state index in [0.717, 1.165) is 0 Å². The highest BCUT2D eigenvalue weighted by molar-refractivity contribution is 6.00. The fraction of sp³-hybridized carbons (Fsp3) is 0.250. The van der Waals surface area contributed by atoms with Crippen LogP contribution in [0.5, 0.6) is 5.75 Å². The van der Waals surface area contributed by atoms with Crippen molar-refractivity contribution >= 4 is 36.4 Å². The van der Waals surface area contributed by atoms with Crippen LogP contribution < -0.4 is 15.8 Å². The fourth-order valence-electron chi connectivity index (χ4n) is 1.95. The van der Waals surface area contributed by atoms with Gasteiger partial charge in [0.15, 0.2) is 11.6 Å². The number of anilines is 1. The zero-order valence-electron chi connectivity index (χ0n) is 12.7. The molecule has 1 fully saturated rings. The van der Waals surface area contributed by atoms with Crippen molar-refractivity contribution in [3.05, 3.63) is 54.1 Å². The summed E-state index contributed by atoms with van der Waals surface area (Å²) >= 11 is 0. The van der Waals surface area contributed by atoms with Gasteiger partial charge < -0.3 is 15.8 Å². The lowest BCUT2D eigenvalue weighted by Gasteiger charge is -2.12. The number of hydrogen-bond donors (Lipinski definition) is 2. The fourth-order valence-corrected chi connectivity index (χ4v) is 1.95. The van der Waals surface area contributed by atoms with Crippen LogP contribution in [-0.2, 0) is 11.4 Å². The van der Waals surface area contributed by atoms with E-state index in [4.69, 9.17) is 10.5 Å². The first-order valence-electron chi connectivity index (χ1n) is 6.99. The molecule has 5 nitrogen and oxygen atoms in total. The van der Waals surface area contributed by atoms with Gasteiger partial charge in [-0.2, -0.15) is 0 Å². The number of carbonyl (C=O) groups is 1. The number of hydrogen-bond acceptors (Lipinski definition) is 4. The first-order chi connectivity index (χ1) is 10.6. The van der Waals surface area contributed by atoms with Gasteiger partial charge >= 0.3 is 0 Å². The second-order valence-electron chi connectivity index (χ2n) is 5.37. The Balaban J connectivity index is 0.00000144. The molecule has 3 N–H and O–H groups in total. The second-order valence-corrected chi connectivity index (χ2v) is 5.37. The van der Waals surface area contributed by atoms with Gasteiger partial charge in [-0.3, -0.25) is 9.78 Å². The van der Waals surface area contributed by atoms with E-state index in [0.29, 0.717) is 24.2 Å². The molecule has 1 heterocycles. The molecule has 0 spiro atoms. The number of aromatic nitrogens is 1. The van der Waals surface area contributed by atoms with Gasteiger partial charge in [-0.15, -0.1) is 24.8 Å². The first kappa shape index (κ1) is 20.2. The summed E-state index contributed by atoms with van der Waals surface area (Å²) in [6.45, 7) is 0.176. The number of rotatable bonds is 5. The molecule has 1 aliphatic carbocycles. The van der Waals surface area contributed by atoms with E-state index >= 15 is 0 Å². The summed E-state index contributed by atoms with van der Waals surface area (Å²) in [5.74, 6) is -0.720. The maximum absolute atomic E-state index is 14.0. The Morgan fingerprint density at radius 2 is 2.04 bits per heavy atom. The number of amides is 1. The summed E-state index contributed by atoms with van der Waals surface area (Å²) in [6.07, 6.45) is 2.97. The summed E-state index contributed by atoms with van der Waals surface area (Å²) < 4.78 is 19.4. The Morgan fingerprint density at radius 1 is 1.29 bits per heavy atom. The van der Waals surface area contributed by atoms with E-state index < -0.39 is 11.4 Å². The van der Waals surface area contributed by atoms with Crippen LogP contribution >= 0.6 is 24.8 Å². The van der Waals surface area contributed by atoms with Gasteiger partial charge in [0.2, 0.25) is 5.91 Å². The minimum absolute atomic E-state index is 0. The molecule has 1 aromatic heterocycles. The molecule has 0 radical (unpaired) electrons. The molecule has 0 atom stereocenters. The van der Waals surface area contributed by atoms with E-state index in [1.54, 1.807) is 24.4 Å². The minimum atomic E-state index is -0.787. The van der Waals surface area contributed by atoms with E-state index in [-0.39, 0.29) is 43.1 Å². The van der Waals surface area contributed by atoms with Crippen LogP contribution in [0.1, 0.15) is 18.5 Å². The largest absolute Gasteiger partial charge is 0.484 e. The molecule has 24 heavy (non-hydrogen) atoms. The van der Waals surface area contributed by atoms with Crippen LogP contribution in [0.2, 0.25) is 0 Å². The zero-order chi connectivity index (χ0) is 15.6. The van der Waals surface area contributed by atoms with Crippen LogP contribution in [0, 0.1) is 5.82 Å². The van der Waals surface area contributed by atoms with Crippen molar-refractivity contribution in [3.8, 4) is 5.75 Å². The van der Waals surface area contributed by atoms with Gasteiger partial charge in [0.05, 0.1) is 11.2 Å². The molecule has 0 unspecified atom stereocenters. The number of pyridine rings is 1. The van der Waals surface area contributed by atoms with E-state index in [1.807, 2.05) is 6.07 Å². The minimum Gasteiger partial charge on any atom is -0.484 e. The van der Waals surface area contributed by atoms with E-state index in [1.165, 1.54) is 12.1 Å². The second kappa shape index (κ2) is 8.28. The standard InChI is InChI=1S/C16H16FN3O2.2ClH/c17-13-9-11(20-15(21)16(18)6-7-16)4-5-14(13)22-10-12-3-1-2-8-19-12;;/h1-5,8-9H,6-7,10,18H2,(H,20,21);2*1H. The van der Waals surface area contributed by atoms with Crippen molar-refractivity contribution in [1.82, 2.24) is 4.98 Å². The Labute approximate surface area is 151 Å². The number of nitrogens with two attached hydrogens (primary N) is 1. The van der Waals surface area contributed by atoms with Crippen molar-refractivity contribution < 1.29 is 13.9 Å². The SMILES string of the molecule is Cl.Cl.NC1(C(=O)Nc2ccc(OCc3ccccn3)c(F)c2)CC1. The third kappa shape index (κ3) is 4.80. The maximum atomic E-state index is 14.0. The number of nitrogens with zero attached hydrogens (tertiary/aromatic N) is 1. The summed E-state index contributed by atoms with van der Waals surface area (Å²) in [5.41, 5.74) is 6.07. The smallest absolute Gasteiger partial charge is 0.244 e. The first-order valence-corrected chi connectivity index (χ1v) is 6.99. The van der Waals surface area contributed by atoms with Gasteiger partial charge in [0.25, 0.3) is 0 Å². The third-order valence-corrected chi connectivity index (χ3v) is 3.53. The summed E-state index contributed by atoms with van der Waals surface area (Å²) in [4.78, 5) is 15.9.